The molecule has 32 heavy (non-hydrogen) atoms. The number of amides is 1. The number of benzene rings is 2. The first-order valence-corrected chi connectivity index (χ1v) is 11.8. The summed E-state index contributed by atoms with van der Waals surface area (Å²) in [6, 6.07) is 17.7. The molecule has 168 valence electrons. The molecule has 0 saturated carbocycles. The van der Waals surface area contributed by atoms with Gasteiger partial charge in [0, 0.05) is 47.7 Å². The topological polar surface area (TPSA) is 44.8 Å². The molecule has 0 bridgehead atoms. The molecule has 6 heteroatoms. The number of nitrogens with zero attached hydrogens (tertiary/aromatic N) is 2. The number of anilines is 1. The van der Waals surface area contributed by atoms with Crippen molar-refractivity contribution in [3.63, 3.8) is 0 Å². The van der Waals surface area contributed by atoms with Crippen molar-refractivity contribution < 1.29 is 9.53 Å². The van der Waals surface area contributed by atoms with Gasteiger partial charge in [-0.1, -0.05) is 36.4 Å². The highest BCUT2D eigenvalue weighted by molar-refractivity contribution is 7.16. The van der Waals surface area contributed by atoms with Gasteiger partial charge in [-0.05, 0) is 44.7 Å². The maximum atomic E-state index is 13.0. The van der Waals surface area contributed by atoms with Crippen molar-refractivity contribution in [3.8, 4) is 5.75 Å². The molecule has 3 aromatic rings. The van der Waals surface area contributed by atoms with E-state index in [1.807, 2.05) is 42.5 Å². The van der Waals surface area contributed by atoms with Crippen LogP contribution < -0.4 is 10.1 Å². The summed E-state index contributed by atoms with van der Waals surface area (Å²) in [6.45, 7) is 8.24. The van der Waals surface area contributed by atoms with Crippen LogP contribution in [0.4, 0.5) is 5.00 Å². The van der Waals surface area contributed by atoms with E-state index in [9.17, 15) is 4.79 Å². The minimum absolute atomic E-state index is 0.0101. The maximum absolute atomic E-state index is 13.0. The summed E-state index contributed by atoms with van der Waals surface area (Å²) < 4.78 is 5.78. The van der Waals surface area contributed by atoms with Crippen LogP contribution in [0.2, 0.25) is 0 Å². The van der Waals surface area contributed by atoms with Crippen molar-refractivity contribution in [1.29, 1.82) is 0 Å². The number of methoxy groups -OCH3 is 1. The number of carbonyl (C=O) groups is 1. The van der Waals surface area contributed by atoms with Crippen LogP contribution in [0, 0.1) is 13.8 Å². The second kappa shape index (κ2) is 9.86. The van der Waals surface area contributed by atoms with Crippen LogP contribution in [-0.4, -0.2) is 56.0 Å². The molecular weight excluding hydrogens is 418 g/mol. The number of likely N-dealkylation sites (N-methyl/N-ethyl adjacent to an activating group) is 1. The van der Waals surface area contributed by atoms with E-state index < -0.39 is 0 Å². The number of ether oxygens (including phenoxy) is 1. The van der Waals surface area contributed by atoms with E-state index in [4.69, 9.17) is 4.74 Å². The zero-order chi connectivity index (χ0) is 22.7. The molecule has 1 amide bonds. The normalized spacial score (nSPS) is 16.0. The molecule has 0 aliphatic carbocycles. The molecule has 1 aliphatic heterocycles. The quantitative estimate of drug-likeness (QED) is 0.578. The number of hydrogen-bond donors (Lipinski definition) is 1. The fraction of sp³-hybridized carbons (Fsp3) is 0.346. The Labute approximate surface area is 194 Å². The Hall–Kier alpha value is -2.67. The number of rotatable bonds is 6. The van der Waals surface area contributed by atoms with Gasteiger partial charge < -0.3 is 15.0 Å². The minimum atomic E-state index is -0.0785. The number of para-hydroxylation sites is 1. The summed E-state index contributed by atoms with van der Waals surface area (Å²) >= 11 is 1.66. The molecule has 1 N–H and O–H groups in total. The van der Waals surface area contributed by atoms with Crippen LogP contribution in [0.3, 0.4) is 0 Å². The van der Waals surface area contributed by atoms with Crippen molar-refractivity contribution >= 4 is 22.2 Å². The summed E-state index contributed by atoms with van der Waals surface area (Å²) in [7, 11) is 3.89. The van der Waals surface area contributed by atoms with E-state index in [0.717, 1.165) is 42.5 Å². The lowest BCUT2D eigenvalue weighted by Gasteiger charge is -2.39. The third kappa shape index (κ3) is 4.58. The van der Waals surface area contributed by atoms with E-state index in [0.29, 0.717) is 5.56 Å². The molecule has 1 aromatic heterocycles. The van der Waals surface area contributed by atoms with E-state index in [-0.39, 0.29) is 11.9 Å². The van der Waals surface area contributed by atoms with Crippen molar-refractivity contribution in [3.05, 3.63) is 81.7 Å². The number of aryl methyl sites for hydroxylation is 1. The molecule has 2 heterocycles. The molecule has 1 fully saturated rings. The van der Waals surface area contributed by atoms with E-state index in [2.05, 4.69) is 48.1 Å². The van der Waals surface area contributed by atoms with Crippen molar-refractivity contribution in [2.24, 2.45) is 0 Å². The summed E-state index contributed by atoms with van der Waals surface area (Å²) in [5.41, 5.74) is 4.20. The number of piperazine rings is 1. The Kier molecular flexibility index (Phi) is 6.94. The first-order valence-electron chi connectivity index (χ1n) is 11.0. The average molecular weight is 450 g/mol. The number of carbonyl (C=O) groups excluding carboxylic acids is 1. The predicted molar refractivity (Wildman–Crippen MR) is 132 cm³/mol. The van der Waals surface area contributed by atoms with Crippen LogP contribution >= 0.6 is 11.3 Å². The molecule has 1 atom stereocenters. The number of nitrogens with one attached hydrogen (secondary N) is 1. The van der Waals surface area contributed by atoms with Crippen LogP contribution in [0.25, 0.3) is 0 Å². The molecule has 1 aliphatic rings. The molecular formula is C26H31N3O2S. The highest BCUT2D eigenvalue weighted by Gasteiger charge is 2.32. The van der Waals surface area contributed by atoms with Gasteiger partial charge >= 0.3 is 0 Å². The monoisotopic (exact) mass is 449 g/mol. The maximum Gasteiger partial charge on any atom is 0.256 e. The largest absolute Gasteiger partial charge is 0.496 e. The predicted octanol–water partition coefficient (Wildman–Crippen LogP) is 4.96. The molecule has 5 nitrogen and oxygen atoms in total. The minimum Gasteiger partial charge on any atom is -0.496 e. The number of thiophene rings is 1. The smallest absolute Gasteiger partial charge is 0.256 e. The summed E-state index contributed by atoms with van der Waals surface area (Å²) in [5, 5.41) is 4.15. The Bertz CT molecular complexity index is 1070. The Balaban J connectivity index is 1.79. The zero-order valence-corrected chi connectivity index (χ0v) is 20.0. The molecule has 0 radical (unpaired) electrons. The van der Waals surface area contributed by atoms with Gasteiger partial charge in [-0.25, -0.2) is 0 Å². The third-order valence-corrected chi connectivity index (χ3v) is 7.44. The SMILES string of the molecule is COc1ccccc1C(c1c(NC(=O)c2ccccc2)sc(C)c1C)N1CCN(C)CC1. The summed E-state index contributed by atoms with van der Waals surface area (Å²) in [6.07, 6.45) is 0. The lowest BCUT2D eigenvalue weighted by atomic mass is 9.93. The lowest BCUT2D eigenvalue weighted by molar-refractivity contribution is 0.102. The Morgan fingerprint density at radius 3 is 2.34 bits per heavy atom. The fourth-order valence-corrected chi connectivity index (χ4v) is 5.43. The number of hydrogen-bond acceptors (Lipinski definition) is 5. The van der Waals surface area contributed by atoms with Gasteiger partial charge in [-0.15, -0.1) is 11.3 Å². The van der Waals surface area contributed by atoms with Gasteiger partial charge in [0.25, 0.3) is 5.91 Å². The summed E-state index contributed by atoms with van der Waals surface area (Å²) in [5.74, 6) is 0.797. The average Bonchev–Trinajstić information content (AvgIpc) is 3.09. The van der Waals surface area contributed by atoms with Crippen LogP contribution in [0.1, 0.15) is 38.0 Å². The summed E-state index contributed by atoms with van der Waals surface area (Å²) in [4.78, 5) is 19.1. The van der Waals surface area contributed by atoms with Crippen LogP contribution in [0.15, 0.2) is 54.6 Å². The van der Waals surface area contributed by atoms with E-state index in [1.54, 1.807) is 18.4 Å². The standard InChI is InChI=1S/C26H31N3O2S/c1-18-19(2)32-26(27-25(30)20-10-6-5-7-11-20)23(18)24(29-16-14-28(3)15-17-29)21-12-8-9-13-22(21)31-4/h5-13,24H,14-17H2,1-4H3,(H,27,30). The highest BCUT2D eigenvalue weighted by Crippen LogP contribution is 2.44. The van der Waals surface area contributed by atoms with Gasteiger partial charge in [-0.3, -0.25) is 9.69 Å². The first-order chi connectivity index (χ1) is 15.5. The van der Waals surface area contributed by atoms with Crippen molar-refractivity contribution in [1.82, 2.24) is 9.80 Å². The van der Waals surface area contributed by atoms with Gasteiger partial charge in [-0.2, -0.15) is 0 Å². The van der Waals surface area contributed by atoms with Crippen LogP contribution in [-0.2, 0) is 0 Å². The second-order valence-electron chi connectivity index (χ2n) is 8.33. The first kappa shape index (κ1) is 22.5. The Morgan fingerprint density at radius 2 is 1.66 bits per heavy atom. The lowest BCUT2D eigenvalue weighted by Crippen LogP contribution is -2.46. The molecule has 0 spiro atoms. The molecule has 1 unspecified atom stereocenters. The second-order valence-corrected chi connectivity index (χ2v) is 9.55. The zero-order valence-electron chi connectivity index (χ0n) is 19.2. The van der Waals surface area contributed by atoms with Crippen LogP contribution in [0.5, 0.6) is 5.75 Å². The molecule has 2 aromatic carbocycles. The fourth-order valence-electron chi connectivity index (χ4n) is 4.34. The van der Waals surface area contributed by atoms with Gasteiger partial charge in [0.2, 0.25) is 0 Å². The van der Waals surface area contributed by atoms with E-state index >= 15 is 0 Å². The molecule has 1 saturated heterocycles. The van der Waals surface area contributed by atoms with E-state index in [1.165, 1.54) is 16.0 Å². The highest BCUT2D eigenvalue weighted by atomic mass is 32.1. The van der Waals surface area contributed by atoms with Crippen molar-refractivity contribution in [2.45, 2.75) is 19.9 Å². The molecule has 4 rings (SSSR count). The third-order valence-electron chi connectivity index (χ3n) is 6.30. The van der Waals surface area contributed by atoms with Gasteiger partial charge in [0.05, 0.1) is 13.2 Å². The Morgan fingerprint density at radius 1 is 1.00 bits per heavy atom. The van der Waals surface area contributed by atoms with Crippen molar-refractivity contribution in [2.75, 3.05) is 45.7 Å². The van der Waals surface area contributed by atoms with Gasteiger partial charge in [0.1, 0.15) is 10.8 Å². The van der Waals surface area contributed by atoms with Gasteiger partial charge in [0.15, 0.2) is 0 Å².